The Hall–Kier alpha value is -3.25. The van der Waals surface area contributed by atoms with Crippen LogP contribution in [-0.2, 0) is 0 Å². The van der Waals surface area contributed by atoms with Crippen LogP contribution in [0.5, 0.6) is 0 Å². The molecule has 0 fully saturated rings. The van der Waals surface area contributed by atoms with Gasteiger partial charge in [-0.25, -0.2) is 0 Å². The molecule has 0 amide bonds. The predicted molar refractivity (Wildman–Crippen MR) is 138 cm³/mol. The second kappa shape index (κ2) is 12.6. The van der Waals surface area contributed by atoms with Crippen molar-refractivity contribution in [2.24, 2.45) is 22.6 Å². The van der Waals surface area contributed by atoms with Crippen molar-refractivity contribution >= 4 is 6.21 Å². The number of hydrogen-bond donors (Lipinski definition) is 1. The molecule has 0 heterocycles. The number of aliphatic imine (C=N–C) groups is 1. The van der Waals surface area contributed by atoms with Crippen molar-refractivity contribution in [3.63, 3.8) is 0 Å². The first-order valence-corrected chi connectivity index (χ1v) is 11.3. The van der Waals surface area contributed by atoms with E-state index in [1.807, 2.05) is 24.4 Å². The topological polar surface area (TPSA) is 38.4 Å². The van der Waals surface area contributed by atoms with Crippen molar-refractivity contribution in [1.82, 2.24) is 0 Å². The van der Waals surface area contributed by atoms with Gasteiger partial charge in [-0.15, -0.1) is 0 Å². The number of nitrogens with two attached hydrogens (primary N) is 1. The average Bonchev–Trinajstić information content (AvgIpc) is 2.75. The van der Waals surface area contributed by atoms with E-state index in [0.717, 1.165) is 27.8 Å². The summed E-state index contributed by atoms with van der Waals surface area (Å²) < 4.78 is 0. The van der Waals surface area contributed by atoms with Crippen LogP contribution in [0.15, 0.2) is 41.4 Å². The van der Waals surface area contributed by atoms with Crippen LogP contribution in [0, 0.1) is 47.4 Å². The Kier molecular flexibility index (Phi) is 9.82. The van der Waals surface area contributed by atoms with E-state index in [1.165, 1.54) is 5.56 Å². The molecule has 2 aromatic rings. The van der Waals surface area contributed by atoms with Crippen LogP contribution < -0.4 is 5.73 Å². The smallest absolute Gasteiger partial charge is 0.0512 e. The van der Waals surface area contributed by atoms with Crippen LogP contribution in [0.3, 0.4) is 0 Å². The minimum absolute atomic E-state index is 0.314. The number of nitrogens with zero attached hydrogens (tertiary/aromatic N) is 1. The van der Waals surface area contributed by atoms with E-state index in [9.17, 15) is 0 Å². The molecule has 2 N–H and O–H groups in total. The molecule has 0 radical (unpaired) electrons. The van der Waals surface area contributed by atoms with E-state index in [0.29, 0.717) is 30.8 Å². The highest BCUT2D eigenvalue weighted by molar-refractivity contribution is 5.83. The van der Waals surface area contributed by atoms with Gasteiger partial charge >= 0.3 is 0 Å². The molecule has 0 aliphatic carbocycles. The zero-order chi connectivity index (χ0) is 23.5. The van der Waals surface area contributed by atoms with Gasteiger partial charge in [0.2, 0.25) is 0 Å². The highest BCUT2D eigenvalue weighted by Crippen LogP contribution is 2.19. The van der Waals surface area contributed by atoms with Gasteiger partial charge in [-0.05, 0) is 47.4 Å². The largest absolute Gasteiger partial charge is 0.329 e. The fourth-order valence-corrected chi connectivity index (χ4v) is 2.97. The van der Waals surface area contributed by atoms with Gasteiger partial charge in [-0.3, -0.25) is 4.99 Å². The lowest BCUT2D eigenvalue weighted by atomic mass is 9.95. The Morgan fingerprint density at radius 3 is 1.78 bits per heavy atom. The van der Waals surface area contributed by atoms with Crippen LogP contribution in [0.1, 0.15) is 80.8 Å². The summed E-state index contributed by atoms with van der Waals surface area (Å²) in [6.07, 6.45) is 1.91. The van der Waals surface area contributed by atoms with Gasteiger partial charge < -0.3 is 5.73 Å². The summed E-state index contributed by atoms with van der Waals surface area (Å²) in [5.41, 5.74) is 11.7. The zero-order valence-corrected chi connectivity index (χ0v) is 20.2. The third kappa shape index (κ3) is 8.47. The summed E-state index contributed by atoms with van der Waals surface area (Å²) in [4.78, 5) is 4.43. The number of benzene rings is 2. The molecular formula is C30H34N2. The fourth-order valence-electron chi connectivity index (χ4n) is 2.97. The van der Waals surface area contributed by atoms with Crippen LogP contribution in [0.4, 0.5) is 0 Å². The third-order valence-corrected chi connectivity index (χ3v) is 4.49. The summed E-state index contributed by atoms with van der Waals surface area (Å²) in [6, 6.07) is 12.4. The monoisotopic (exact) mass is 422 g/mol. The van der Waals surface area contributed by atoms with Gasteiger partial charge in [0.15, 0.2) is 0 Å². The van der Waals surface area contributed by atoms with Crippen molar-refractivity contribution < 1.29 is 0 Å². The van der Waals surface area contributed by atoms with Gasteiger partial charge in [0.1, 0.15) is 0 Å². The Bertz CT molecular complexity index is 1090. The average molecular weight is 423 g/mol. The highest BCUT2D eigenvalue weighted by Gasteiger charge is 2.05. The molecule has 0 aliphatic heterocycles. The first kappa shape index (κ1) is 25.0. The molecule has 32 heavy (non-hydrogen) atoms. The molecule has 0 saturated carbocycles. The summed E-state index contributed by atoms with van der Waals surface area (Å²) in [7, 11) is 0. The van der Waals surface area contributed by atoms with E-state index in [1.54, 1.807) is 0 Å². The maximum Gasteiger partial charge on any atom is 0.0512 e. The van der Waals surface area contributed by atoms with E-state index in [2.05, 4.69) is 100 Å². The molecular weight excluding hydrogens is 388 g/mol. The predicted octanol–water partition coefficient (Wildman–Crippen LogP) is 5.60. The van der Waals surface area contributed by atoms with Crippen molar-refractivity contribution in [3.05, 3.63) is 69.8 Å². The molecule has 2 nitrogen and oxygen atoms in total. The molecule has 0 aliphatic rings. The van der Waals surface area contributed by atoms with E-state index < -0.39 is 0 Å². The molecule has 0 unspecified atom stereocenters. The quantitative estimate of drug-likeness (QED) is 0.505. The highest BCUT2D eigenvalue weighted by atomic mass is 14.7. The van der Waals surface area contributed by atoms with Crippen molar-refractivity contribution in [1.29, 1.82) is 0 Å². The lowest BCUT2D eigenvalue weighted by Crippen LogP contribution is -2.03. The van der Waals surface area contributed by atoms with Gasteiger partial charge in [0, 0.05) is 46.8 Å². The van der Waals surface area contributed by atoms with Crippen molar-refractivity contribution in [3.8, 4) is 35.5 Å². The van der Waals surface area contributed by atoms with Gasteiger partial charge in [-0.1, -0.05) is 83.1 Å². The normalized spacial score (nSPS) is 10.6. The Balaban J connectivity index is 2.46. The fraction of sp³-hybridized carbons (Fsp3) is 0.367. The van der Waals surface area contributed by atoms with Crippen LogP contribution in [-0.4, -0.2) is 19.3 Å². The zero-order valence-electron chi connectivity index (χ0n) is 20.2. The van der Waals surface area contributed by atoms with Gasteiger partial charge in [0.25, 0.3) is 0 Å². The van der Waals surface area contributed by atoms with E-state index in [4.69, 9.17) is 5.73 Å². The minimum Gasteiger partial charge on any atom is -0.329 e. The Labute approximate surface area is 194 Å². The second-order valence-electron chi connectivity index (χ2n) is 8.72. The Morgan fingerprint density at radius 1 is 0.750 bits per heavy atom. The SMILES string of the molecule is CC(C)C#Cc1cc(C#Cc2ccc(C(C)C)c(/C=N/CCN)c2)cc(C#CC(C)C)c1. The molecule has 0 saturated heterocycles. The van der Waals surface area contributed by atoms with E-state index >= 15 is 0 Å². The number of rotatable bonds is 4. The van der Waals surface area contributed by atoms with Gasteiger partial charge in [0.05, 0.1) is 6.54 Å². The molecule has 2 heteroatoms. The van der Waals surface area contributed by atoms with Crippen LogP contribution >= 0.6 is 0 Å². The molecule has 164 valence electrons. The van der Waals surface area contributed by atoms with Crippen molar-refractivity contribution in [2.75, 3.05) is 13.1 Å². The number of hydrogen-bond acceptors (Lipinski definition) is 2. The second-order valence-corrected chi connectivity index (χ2v) is 8.72. The minimum atomic E-state index is 0.314. The lowest BCUT2D eigenvalue weighted by Gasteiger charge is -2.10. The van der Waals surface area contributed by atoms with Crippen LogP contribution in [0.2, 0.25) is 0 Å². The van der Waals surface area contributed by atoms with E-state index in [-0.39, 0.29) is 0 Å². The summed E-state index contributed by atoms with van der Waals surface area (Å²) >= 11 is 0. The first-order valence-electron chi connectivity index (χ1n) is 11.3. The molecule has 0 atom stereocenters. The lowest BCUT2D eigenvalue weighted by molar-refractivity contribution is 0.864. The van der Waals surface area contributed by atoms with Crippen LogP contribution in [0.25, 0.3) is 0 Å². The Morgan fingerprint density at radius 2 is 1.28 bits per heavy atom. The molecule has 0 spiro atoms. The van der Waals surface area contributed by atoms with Gasteiger partial charge in [-0.2, -0.15) is 0 Å². The van der Waals surface area contributed by atoms with Crippen molar-refractivity contribution in [2.45, 2.75) is 47.5 Å². The molecule has 0 bridgehead atoms. The molecule has 2 rings (SSSR count). The molecule has 2 aromatic carbocycles. The maximum atomic E-state index is 5.58. The maximum absolute atomic E-state index is 5.58. The summed E-state index contributed by atoms with van der Waals surface area (Å²) in [5, 5.41) is 0. The molecule has 0 aromatic heterocycles. The standard InChI is InChI=1S/C30H34N2/c1-22(2)7-9-26-17-27(10-8-23(3)4)19-28(18-26)12-11-25-13-14-30(24(5)6)29(20-25)21-32-16-15-31/h13-14,17-24H,15-16,31H2,1-6H3/b32-21+. The summed E-state index contributed by atoms with van der Waals surface area (Å²) in [5.74, 6) is 20.6. The first-order chi connectivity index (χ1) is 15.3. The third-order valence-electron chi connectivity index (χ3n) is 4.49. The summed E-state index contributed by atoms with van der Waals surface area (Å²) in [6.45, 7) is 13.9.